The minimum Gasteiger partial charge on any atom is -0.339 e. The van der Waals surface area contributed by atoms with E-state index in [0.717, 1.165) is 6.42 Å². The molecule has 1 heterocycles. The monoisotopic (exact) mass is 440 g/mol. The van der Waals surface area contributed by atoms with Crippen LogP contribution in [-0.2, 0) is 20.9 Å². The van der Waals surface area contributed by atoms with Crippen LogP contribution in [0.1, 0.15) is 40.2 Å². The molecule has 31 heavy (non-hydrogen) atoms. The van der Waals surface area contributed by atoms with Crippen molar-refractivity contribution in [2.75, 3.05) is 19.3 Å². The molecule has 1 saturated heterocycles. The van der Waals surface area contributed by atoms with E-state index in [0.29, 0.717) is 37.4 Å². The van der Waals surface area contributed by atoms with Gasteiger partial charge in [-0.2, -0.15) is 4.36 Å². The number of halogens is 1. The fraction of sp³-hybridized carbons (Fsp3) is 0.417. The molecule has 0 aromatic heterocycles. The Hall–Kier alpha value is -2.54. The standard InChI is InChI=1S/C24H25FN2O3S/c1-31(30,26-23(28)22-20-14-16-4-2-3-5-19(16)21(20)22)18-10-12-27(13-11-18)24(29)15-6-8-17(25)9-7-15/h2-9,18,20-22H,10-14H2,1H3. The van der Waals surface area contributed by atoms with E-state index in [1.807, 2.05) is 12.1 Å². The maximum Gasteiger partial charge on any atom is 0.257 e. The summed E-state index contributed by atoms with van der Waals surface area (Å²) in [6.07, 6.45) is 3.57. The Labute approximate surface area is 181 Å². The summed E-state index contributed by atoms with van der Waals surface area (Å²) in [6, 6.07) is 13.7. The normalized spacial score (nSPS) is 26.5. The average Bonchev–Trinajstić information content (AvgIpc) is 3.36. The quantitative estimate of drug-likeness (QED) is 0.732. The lowest BCUT2D eigenvalue weighted by Crippen LogP contribution is -2.42. The highest BCUT2D eigenvalue weighted by Crippen LogP contribution is 2.61. The maximum atomic E-state index is 13.3. The van der Waals surface area contributed by atoms with Crippen molar-refractivity contribution in [1.29, 1.82) is 0 Å². The first kappa shape index (κ1) is 20.4. The van der Waals surface area contributed by atoms with Gasteiger partial charge in [-0.1, -0.05) is 24.3 Å². The van der Waals surface area contributed by atoms with Gasteiger partial charge in [0.15, 0.2) is 0 Å². The number of nitrogens with zero attached hydrogens (tertiary/aromatic N) is 2. The van der Waals surface area contributed by atoms with Crippen LogP contribution in [-0.4, -0.2) is 45.5 Å². The third-order valence-electron chi connectivity index (χ3n) is 7.03. The second-order valence-corrected chi connectivity index (χ2v) is 11.5. The molecule has 162 valence electrons. The first-order chi connectivity index (χ1) is 14.8. The van der Waals surface area contributed by atoms with Crippen molar-refractivity contribution in [1.82, 2.24) is 4.90 Å². The van der Waals surface area contributed by atoms with Gasteiger partial charge in [-0.3, -0.25) is 9.59 Å². The third kappa shape index (κ3) is 3.69. The van der Waals surface area contributed by atoms with E-state index >= 15 is 0 Å². The zero-order valence-corrected chi connectivity index (χ0v) is 18.2. The van der Waals surface area contributed by atoms with Crippen molar-refractivity contribution in [3.05, 3.63) is 71.0 Å². The number of benzene rings is 2. The maximum absolute atomic E-state index is 13.3. The number of amides is 2. The number of carbonyl (C=O) groups excluding carboxylic acids is 2. The minimum atomic E-state index is -2.68. The lowest BCUT2D eigenvalue weighted by atomic mass is 10.0. The number of hydrogen-bond donors (Lipinski definition) is 0. The third-order valence-corrected chi connectivity index (χ3v) is 9.28. The molecule has 2 fully saturated rings. The molecule has 0 spiro atoms. The minimum absolute atomic E-state index is 0.129. The van der Waals surface area contributed by atoms with E-state index in [4.69, 9.17) is 0 Å². The SMILES string of the molecule is CS(=O)(=NC(=O)C1C2Cc3ccccc3C21)C1CCN(C(=O)c2ccc(F)cc2)CC1. The predicted octanol–water partition coefficient (Wildman–Crippen LogP) is 3.64. The second kappa shape index (κ2) is 7.55. The first-order valence-corrected chi connectivity index (χ1v) is 12.7. The lowest BCUT2D eigenvalue weighted by molar-refractivity contribution is -0.119. The predicted molar refractivity (Wildman–Crippen MR) is 117 cm³/mol. The van der Waals surface area contributed by atoms with Crippen molar-refractivity contribution in [2.45, 2.75) is 30.4 Å². The van der Waals surface area contributed by atoms with Crippen LogP contribution in [0, 0.1) is 17.7 Å². The molecule has 4 unspecified atom stereocenters. The van der Waals surface area contributed by atoms with Gasteiger partial charge in [0.05, 0.1) is 15.6 Å². The van der Waals surface area contributed by atoms with Gasteiger partial charge in [-0.05, 0) is 60.6 Å². The molecule has 2 aromatic rings. The Bertz CT molecular complexity index is 1160. The van der Waals surface area contributed by atoms with Crippen molar-refractivity contribution in [3.8, 4) is 0 Å². The van der Waals surface area contributed by atoms with Gasteiger partial charge in [0, 0.05) is 36.1 Å². The number of rotatable bonds is 3. The van der Waals surface area contributed by atoms with Crippen LogP contribution in [0.3, 0.4) is 0 Å². The van der Waals surface area contributed by atoms with E-state index in [1.54, 1.807) is 11.2 Å². The topological polar surface area (TPSA) is 66.8 Å². The molecule has 0 radical (unpaired) electrons. The largest absolute Gasteiger partial charge is 0.339 e. The lowest BCUT2D eigenvalue weighted by Gasteiger charge is -2.32. The van der Waals surface area contributed by atoms with Crippen molar-refractivity contribution >= 4 is 21.5 Å². The summed E-state index contributed by atoms with van der Waals surface area (Å²) in [5, 5.41) is -0.209. The molecule has 7 heteroatoms. The van der Waals surface area contributed by atoms with Gasteiger partial charge in [0.25, 0.3) is 11.8 Å². The molecular weight excluding hydrogens is 415 g/mol. The number of likely N-dealkylation sites (tertiary alicyclic amines) is 1. The van der Waals surface area contributed by atoms with E-state index in [1.165, 1.54) is 35.4 Å². The van der Waals surface area contributed by atoms with Crippen LogP contribution in [0.2, 0.25) is 0 Å². The number of fused-ring (bicyclic) bond motifs is 3. The van der Waals surface area contributed by atoms with Gasteiger partial charge in [0.2, 0.25) is 0 Å². The van der Waals surface area contributed by atoms with E-state index in [2.05, 4.69) is 16.5 Å². The molecule has 0 bridgehead atoms. The highest BCUT2D eigenvalue weighted by molar-refractivity contribution is 7.93. The van der Waals surface area contributed by atoms with Gasteiger partial charge in [0.1, 0.15) is 5.82 Å². The van der Waals surface area contributed by atoms with Crippen LogP contribution < -0.4 is 0 Å². The zero-order chi connectivity index (χ0) is 21.8. The molecular formula is C24H25FN2O3S. The van der Waals surface area contributed by atoms with E-state index in [-0.39, 0.29) is 34.7 Å². The molecule has 0 N–H and O–H groups in total. The summed E-state index contributed by atoms with van der Waals surface area (Å²) in [5.41, 5.74) is 3.01. The van der Waals surface area contributed by atoms with Crippen molar-refractivity contribution in [3.63, 3.8) is 0 Å². The summed E-state index contributed by atoms with van der Waals surface area (Å²) in [6.45, 7) is 0.912. The Kier molecular flexibility index (Phi) is 4.96. The second-order valence-electron chi connectivity index (χ2n) is 8.91. The Balaban J connectivity index is 1.23. The van der Waals surface area contributed by atoms with Crippen LogP contribution in [0.25, 0.3) is 0 Å². The average molecular weight is 441 g/mol. The number of carbonyl (C=O) groups is 2. The van der Waals surface area contributed by atoms with Gasteiger partial charge >= 0.3 is 0 Å². The summed E-state index contributed by atoms with van der Waals surface area (Å²) in [5.74, 6) is -0.344. The molecule has 4 atom stereocenters. The van der Waals surface area contributed by atoms with Crippen molar-refractivity contribution in [2.24, 2.45) is 16.2 Å². The molecule has 3 aliphatic rings. The first-order valence-electron chi connectivity index (χ1n) is 10.7. The number of piperidine rings is 1. The number of hydrogen-bond acceptors (Lipinski definition) is 3. The Morgan fingerprint density at radius 2 is 1.74 bits per heavy atom. The van der Waals surface area contributed by atoms with E-state index < -0.39 is 9.73 Å². The molecule has 5 nitrogen and oxygen atoms in total. The smallest absolute Gasteiger partial charge is 0.257 e. The molecule has 1 aliphatic heterocycles. The fourth-order valence-corrected chi connectivity index (χ4v) is 6.99. The fourth-order valence-electron chi connectivity index (χ4n) is 5.27. The Morgan fingerprint density at radius 1 is 1.06 bits per heavy atom. The molecule has 2 aliphatic carbocycles. The van der Waals surface area contributed by atoms with Gasteiger partial charge < -0.3 is 4.90 Å². The van der Waals surface area contributed by atoms with Crippen LogP contribution in [0.4, 0.5) is 4.39 Å². The molecule has 2 amide bonds. The zero-order valence-electron chi connectivity index (χ0n) is 17.4. The van der Waals surface area contributed by atoms with Crippen LogP contribution in [0.15, 0.2) is 52.9 Å². The Morgan fingerprint density at radius 3 is 2.45 bits per heavy atom. The van der Waals surface area contributed by atoms with Crippen LogP contribution in [0.5, 0.6) is 0 Å². The summed E-state index contributed by atoms with van der Waals surface area (Å²) >= 11 is 0. The summed E-state index contributed by atoms with van der Waals surface area (Å²) < 4.78 is 30.6. The molecule has 1 saturated carbocycles. The van der Waals surface area contributed by atoms with E-state index in [9.17, 15) is 18.2 Å². The van der Waals surface area contributed by atoms with Gasteiger partial charge in [-0.25, -0.2) is 8.60 Å². The van der Waals surface area contributed by atoms with Gasteiger partial charge in [-0.15, -0.1) is 0 Å². The highest BCUT2D eigenvalue weighted by atomic mass is 32.2. The summed E-state index contributed by atoms with van der Waals surface area (Å²) in [4.78, 5) is 27.1. The molecule has 2 aromatic carbocycles. The summed E-state index contributed by atoms with van der Waals surface area (Å²) in [7, 11) is -2.68. The van der Waals surface area contributed by atoms with Crippen molar-refractivity contribution < 1.29 is 18.2 Å². The van der Waals surface area contributed by atoms with Crippen LogP contribution >= 0.6 is 0 Å². The highest BCUT2D eigenvalue weighted by Gasteiger charge is 2.59. The molecule has 5 rings (SSSR count).